The number of alkyl halides is 3. The maximum atomic E-state index is 13.4. The van der Waals surface area contributed by atoms with Gasteiger partial charge >= 0.3 is 6.18 Å². The summed E-state index contributed by atoms with van der Waals surface area (Å²) in [6.07, 6.45) is -2.96. The van der Waals surface area contributed by atoms with E-state index in [-0.39, 0.29) is 23.5 Å². The number of carbonyl (C=O) groups is 1. The molecule has 3 aromatic rings. The molecule has 2 fully saturated rings. The first-order valence-electron chi connectivity index (χ1n) is 12.4. The van der Waals surface area contributed by atoms with Gasteiger partial charge in [-0.15, -0.1) is 0 Å². The Balaban J connectivity index is 1.31. The highest BCUT2D eigenvalue weighted by molar-refractivity contribution is 5.91. The molecule has 0 unspecified atom stereocenters. The third-order valence-corrected chi connectivity index (χ3v) is 7.39. The molecule has 0 spiro atoms. The first kappa shape index (κ1) is 25.2. The molecular formula is C28H30F3N3O3. The Kier molecular flexibility index (Phi) is 7.15. The Hall–Kier alpha value is -3.46. The van der Waals surface area contributed by atoms with Gasteiger partial charge < -0.3 is 19.0 Å². The molecule has 9 heteroatoms. The summed E-state index contributed by atoms with van der Waals surface area (Å²) in [6.45, 7) is 4.86. The fourth-order valence-corrected chi connectivity index (χ4v) is 5.43. The van der Waals surface area contributed by atoms with Gasteiger partial charge in [-0.05, 0) is 41.8 Å². The number of nitrogens with zero attached hydrogens (tertiary/aromatic N) is 3. The van der Waals surface area contributed by atoms with Crippen molar-refractivity contribution in [2.45, 2.75) is 12.1 Å². The lowest BCUT2D eigenvalue weighted by atomic mass is 9.87. The zero-order chi connectivity index (χ0) is 26.0. The maximum absolute atomic E-state index is 13.4. The zero-order valence-electron chi connectivity index (χ0n) is 20.7. The smallest absolute Gasteiger partial charge is 0.416 e. The second-order valence-electron chi connectivity index (χ2n) is 9.67. The number of likely N-dealkylation sites (tertiary alicyclic amines) is 1. The lowest BCUT2D eigenvalue weighted by Gasteiger charge is -2.38. The molecule has 6 nitrogen and oxygen atoms in total. The minimum Gasteiger partial charge on any atom is -0.497 e. The van der Waals surface area contributed by atoms with Crippen LogP contribution >= 0.6 is 0 Å². The van der Waals surface area contributed by atoms with E-state index in [9.17, 15) is 18.0 Å². The number of furan rings is 1. The number of ether oxygens (including phenoxy) is 1. The van der Waals surface area contributed by atoms with E-state index in [4.69, 9.17) is 9.15 Å². The highest BCUT2D eigenvalue weighted by Gasteiger charge is 2.39. The Morgan fingerprint density at radius 2 is 1.78 bits per heavy atom. The Labute approximate surface area is 214 Å². The number of halogens is 3. The highest BCUT2D eigenvalue weighted by atomic mass is 19.4. The van der Waals surface area contributed by atoms with Crippen LogP contribution in [0.5, 0.6) is 5.75 Å². The predicted molar refractivity (Wildman–Crippen MR) is 134 cm³/mol. The average molecular weight is 514 g/mol. The van der Waals surface area contributed by atoms with Gasteiger partial charge in [0.1, 0.15) is 5.75 Å². The lowest BCUT2D eigenvalue weighted by Crippen LogP contribution is -2.48. The van der Waals surface area contributed by atoms with Crippen LogP contribution in [0.3, 0.4) is 0 Å². The normalized spacial score (nSPS) is 20.9. The molecule has 2 aromatic carbocycles. The molecular weight excluding hydrogens is 483 g/mol. The van der Waals surface area contributed by atoms with Gasteiger partial charge in [-0.2, -0.15) is 13.2 Å². The highest BCUT2D eigenvalue weighted by Crippen LogP contribution is 2.37. The van der Waals surface area contributed by atoms with Crippen LogP contribution < -0.4 is 9.64 Å². The van der Waals surface area contributed by atoms with E-state index in [2.05, 4.69) is 15.9 Å². The summed E-state index contributed by atoms with van der Waals surface area (Å²) in [5.74, 6) is 0.641. The number of hydrogen-bond donors (Lipinski definition) is 0. The quantitative estimate of drug-likeness (QED) is 0.465. The van der Waals surface area contributed by atoms with E-state index in [0.29, 0.717) is 25.2 Å². The number of anilines is 1. The first-order valence-corrected chi connectivity index (χ1v) is 12.4. The minimum atomic E-state index is -4.41. The zero-order valence-corrected chi connectivity index (χ0v) is 20.7. The van der Waals surface area contributed by atoms with Crippen LogP contribution in [0.4, 0.5) is 18.9 Å². The third kappa shape index (κ3) is 5.61. The van der Waals surface area contributed by atoms with Gasteiger partial charge in [-0.25, -0.2) is 0 Å². The number of rotatable bonds is 6. The molecule has 0 N–H and O–H groups in total. The summed E-state index contributed by atoms with van der Waals surface area (Å²) in [5.41, 5.74) is 1.06. The molecule has 5 rings (SSSR count). The monoisotopic (exact) mass is 513 g/mol. The van der Waals surface area contributed by atoms with Crippen LogP contribution in [-0.2, 0) is 6.18 Å². The van der Waals surface area contributed by atoms with Crippen molar-refractivity contribution in [3.05, 3.63) is 83.8 Å². The topological polar surface area (TPSA) is 49.2 Å². The van der Waals surface area contributed by atoms with Crippen molar-refractivity contribution >= 4 is 11.6 Å². The van der Waals surface area contributed by atoms with Crippen molar-refractivity contribution < 1.29 is 27.1 Å². The van der Waals surface area contributed by atoms with Crippen molar-refractivity contribution in [3.63, 3.8) is 0 Å². The van der Waals surface area contributed by atoms with Crippen molar-refractivity contribution in [1.29, 1.82) is 0 Å². The maximum Gasteiger partial charge on any atom is 0.416 e. The van der Waals surface area contributed by atoms with Crippen LogP contribution in [0.15, 0.2) is 71.3 Å². The Morgan fingerprint density at radius 1 is 1.00 bits per heavy atom. The van der Waals surface area contributed by atoms with Gasteiger partial charge in [0, 0.05) is 63.5 Å². The van der Waals surface area contributed by atoms with Gasteiger partial charge in [0.2, 0.25) is 0 Å². The van der Waals surface area contributed by atoms with Gasteiger partial charge in [-0.3, -0.25) is 9.69 Å². The Morgan fingerprint density at radius 3 is 2.49 bits per heavy atom. The van der Waals surface area contributed by atoms with E-state index in [1.807, 2.05) is 18.2 Å². The van der Waals surface area contributed by atoms with Crippen LogP contribution in [0.25, 0.3) is 0 Å². The molecule has 2 aliphatic rings. The van der Waals surface area contributed by atoms with E-state index >= 15 is 0 Å². The summed E-state index contributed by atoms with van der Waals surface area (Å²) < 4.78 is 51.0. The molecule has 3 heterocycles. The van der Waals surface area contributed by atoms with E-state index in [1.54, 1.807) is 30.2 Å². The molecule has 0 bridgehead atoms. The number of carbonyl (C=O) groups excluding carboxylic acids is 1. The van der Waals surface area contributed by atoms with E-state index in [0.717, 1.165) is 43.7 Å². The van der Waals surface area contributed by atoms with Crippen LogP contribution in [-0.4, -0.2) is 68.6 Å². The number of hydrogen-bond acceptors (Lipinski definition) is 5. The summed E-state index contributed by atoms with van der Waals surface area (Å²) >= 11 is 0. The molecule has 0 saturated carbocycles. The Bertz CT molecular complexity index is 1210. The lowest BCUT2D eigenvalue weighted by molar-refractivity contribution is -0.137. The summed E-state index contributed by atoms with van der Waals surface area (Å²) in [6, 6.07) is 16.8. The SMILES string of the molecule is COc1cccc(N2CCN(C[C@@H]3CN(C(=O)c4ccco4)C[C@H]3c3cccc(C(F)(F)F)c3)CC2)c1. The summed E-state index contributed by atoms with van der Waals surface area (Å²) in [7, 11) is 1.65. The van der Waals surface area contributed by atoms with Gasteiger partial charge in [0.25, 0.3) is 5.91 Å². The molecule has 0 radical (unpaired) electrons. The molecule has 1 amide bonds. The second-order valence-corrected chi connectivity index (χ2v) is 9.67. The second kappa shape index (κ2) is 10.5. The van der Waals surface area contributed by atoms with Gasteiger partial charge in [0.15, 0.2) is 5.76 Å². The standard InChI is InChI=1S/C28H30F3N3O3/c1-36-24-8-3-7-23(16-24)33-12-10-32(11-13-33)17-21-18-34(27(35)26-9-4-14-37-26)19-25(21)20-5-2-6-22(15-20)28(29,30)31/h2-9,14-16,21,25H,10-13,17-19H2,1H3/t21-,25+/m1/s1. The molecule has 2 aliphatic heterocycles. The number of amides is 1. The number of methoxy groups -OCH3 is 1. The summed E-state index contributed by atoms with van der Waals surface area (Å²) in [4.78, 5) is 19.4. The van der Waals surface area contributed by atoms with Crippen molar-refractivity contribution in [3.8, 4) is 5.75 Å². The van der Waals surface area contributed by atoms with Crippen LogP contribution in [0.1, 0.15) is 27.6 Å². The first-order chi connectivity index (χ1) is 17.8. The number of benzene rings is 2. The molecule has 196 valence electrons. The largest absolute Gasteiger partial charge is 0.497 e. The van der Waals surface area contributed by atoms with Crippen LogP contribution in [0.2, 0.25) is 0 Å². The molecule has 2 atom stereocenters. The van der Waals surface area contributed by atoms with E-state index < -0.39 is 11.7 Å². The van der Waals surface area contributed by atoms with Gasteiger partial charge in [0.05, 0.1) is 18.9 Å². The molecule has 1 aromatic heterocycles. The summed E-state index contributed by atoms with van der Waals surface area (Å²) in [5, 5.41) is 0. The van der Waals surface area contributed by atoms with Gasteiger partial charge in [-0.1, -0.05) is 24.3 Å². The molecule has 37 heavy (non-hydrogen) atoms. The number of piperazine rings is 1. The minimum absolute atomic E-state index is 0.00534. The molecule has 2 saturated heterocycles. The predicted octanol–water partition coefficient (Wildman–Crippen LogP) is 4.99. The van der Waals surface area contributed by atoms with E-state index in [1.165, 1.54) is 18.4 Å². The fraction of sp³-hybridized carbons (Fsp3) is 0.393. The fourth-order valence-electron chi connectivity index (χ4n) is 5.43. The van der Waals surface area contributed by atoms with Crippen LogP contribution in [0, 0.1) is 5.92 Å². The molecule has 0 aliphatic carbocycles. The van der Waals surface area contributed by atoms with Crippen molar-refractivity contribution in [2.24, 2.45) is 5.92 Å². The average Bonchev–Trinajstić information content (AvgIpc) is 3.59. The third-order valence-electron chi connectivity index (χ3n) is 7.39. The van der Waals surface area contributed by atoms with Crippen molar-refractivity contribution in [2.75, 3.05) is 57.8 Å². The van der Waals surface area contributed by atoms with Crippen molar-refractivity contribution in [1.82, 2.24) is 9.80 Å².